The van der Waals surface area contributed by atoms with Crippen LogP contribution in [0.25, 0.3) is 0 Å². The first-order valence-electron chi connectivity index (χ1n) is 6.74. The van der Waals surface area contributed by atoms with Gasteiger partial charge in [-0.3, -0.25) is 4.79 Å². The molecule has 0 aliphatic carbocycles. The number of nitrogens with one attached hydrogen (secondary N) is 1. The van der Waals surface area contributed by atoms with E-state index in [1.807, 2.05) is 6.92 Å². The van der Waals surface area contributed by atoms with Crippen LogP contribution in [-0.2, 0) is 4.79 Å². The molecule has 1 aliphatic rings. The van der Waals surface area contributed by atoms with Crippen molar-refractivity contribution >= 4 is 23.8 Å². The molecule has 1 saturated heterocycles. The van der Waals surface area contributed by atoms with Crippen molar-refractivity contribution in [2.24, 2.45) is 5.41 Å². The number of aliphatic carboxylic acids is 1. The van der Waals surface area contributed by atoms with Crippen LogP contribution >= 0.6 is 11.8 Å². The molecule has 0 bridgehead atoms. The van der Waals surface area contributed by atoms with Crippen LogP contribution in [0.15, 0.2) is 0 Å². The maximum absolute atomic E-state index is 12.0. The first kappa shape index (κ1) is 16.1. The Morgan fingerprint density at radius 1 is 1.53 bits per heavy atom. The first-order chi connectivity index (χ1) is 8.95. The van der Waals surface area contributed by atoms with Gasteiger partial charge in [-0.15, -0.1) is 0 Å². The maximum Gasteiger partial charge on any atom is 0.317 e. The van der Waals surface area contributed by atoms with Crippen LogP contribution in [0.4, 0.5) is 4.79 Å². The number of likely N-dealkylation sites (tertiary alicyclic amines) is 1. The van der Waals surface area contributed by atoms with Crippen LogP contribution < -0.4 is 5.32 Å². The second-order valence-corrected chi connectivity index (χ2v) is 6.45. The number of carbonyl (C=O) groups excluding carboxylic acids is 1. The van der Waals surface area contributed by atoms with Crippen LogP contribution in [0.3, 0.4) is 0 Å². The highest BCUT2D eigenvalue weighted by molar-refractivity contribution is 7.99. The van der Waals surface area contributed by atoms with E-state index in [0.29, 0.717) is 37.7 Å². The Morgan fingerprint density at radius 3 is 2.68 bits per heavy atom. The van der Waals surface area contributed by atoms with E-state index in [1.54, 1.807) is 16.7 Å². The van der Waals surface area contributed by atoms with Gasteiger partial charge in [0.2, 0.25) is 0 Å². The molecule has 0 aromatic heterocycles. The predicted octanol–water partition coefficient (Wildman–Crippen LogP) is 2.02. The van der Waals surface area contributed by atoms with Gasteiger partial charge in [0.05, 0.1) is 5.41 Å². The summed E-state index contributed by atoms with van der Waals surface area (Å²) in [6.07, 6.45) is 4.09. The number of thioether (sulfide) groups is 1. The van der Waals surface area contributed by atoms with E-state index in [0.717, 1.165) is 6.42 Å². The Labute approximate surface area is 119 Å². The minimum atomic E-state index is -0.790. The van der Waals surface area contributed by atoms with E-state index < -0.39 is 11.4 Å². The molecule has 2 unspecified atom stereocenters. The number of hydrogen-bond donors (Lipinski definition) is 2. The topological polar surface area (TPSA) is 69.6 Å². The summed E-state index contributed by atoms with van der Waals surface area (Å²) in [6, 6.07) is -0.134. The fourth-order valence-corrected chi connectivity index (χ4v) is 2.63. The Balaban J connectivity index is 2.42. The number of carbonyl (C=O) groups is 2. The Bertz CT molecular complexity index is 338. The molecule has 6 heteroatoms. The van der Waals surface area contributed by atoms with Crippen LogP contribution in [0.2, 0.25) is 0 Å². The molecule has 1 rings (SSSR count). The number of urea groups is 1. The second-order valence-electron chi connectivity index (χ2n) is 5.18. The number of carboxylic acid groups (broad SMARTS) is 1. The van der Waals surface area contributed by atoms with E-state index >= 15 is 0 Å². The van der Waals surface area contributed by atoms with Crippen molar-refractivity contribution < 1.29 is 14.7 Å². The second kappa shape index (κ2) is 7.03. The maximum atomic E-state index is 12.0. The summed E-state index contributed by atoms with van der Waals surface area (Å²) in [4.78, 5) is 24.9. The number of nitrogens with zero attached hydrogens (tertiary/aromatic N) is 1. The van der Waals surface area contributed by atoms with E-state index in [4.69, 9.17) is 0 Å². The number of carboxylic acids is 1. The molecule has 1 heterocycles. The molecule has 0 aromatic carbocycles. The van der Waals surface area contributed by atoms with Crippen molar-refractivity contribution in [1.29, 1.82) is 0 Å². The van der Waals surface area contributed by atoms with E-state index in [1.165, 1.54) is 0 Å². The summed E-state index contributed by atoms with van der Waals surface area (Å²) in [5, 5.41) is 12.7. The third-order valence-electron chi connectivity index (χ3n) is 4.00. The summed E-state index contributed by atoms with van der Waals surface area (Å²) in [7, 11) is 0. The molecular formula is C13H24N2O3S. The molecule has 1 aliphatic heterocycles. The summed E-state index contributed by atoms with van der Waals surface area (Å²) in [5.74, 6) is -0.790. The monoisotopic (exact) mass is 288 g/mol. The van der Waals surface area contributed by atoms with Crippen molar-refractivity contribution in [2.75, 3.05) is 25.9 Å². The van der Waals surface area contributed by atoms with Gasteiger partial charge >= 0.3 is 12.0 Å². The average Bonchev–Trinajstić information content (AvgIpc) is 2.84. The quantitative estimate of drug-likeness (QED) is 0.784. The van der Waals surface area contributed by atoms with Gasteiger partial charge < -0.3 is 15.3 Å². The highest BCUT2D eigenvalue weighted by Crippen LogP contribution is 2.34. The molecule has 0 radical (unpaired) electrons. The smallest absolute Gasteiger partial charge is 0.317 e. The van der Waals surface area contributed by atoms with Gasteiger partial charge in [0.15, 0.2) is 0 Å². The standard InChI is InChI=1S/C13H24N2O3S/c1-4-13(11(16)17)6-8-15(9-13)12(18)14-7-5-10(2)19-3/h10H,4-9H2,1-3H3,(H,14,18)(H,16,17). The minimum Gasteiger partial charge on any atom is -0.481 e. The SMILES string of the molecule is CCC1(C(=O)O)CCN(C(=O)NCCC(C)SC)C1. The Hall–Kier alpha value is -0.910. The molecular weight excluding hydrogens is 264 g/mol. The van der Waals surface area contributed by atoms with Gasteiger partial charge in [-0.05, 0) is 25.5 Å². The van der Waals surface area contributed by atoms with Gasteiger partial charge in [-0.1, -0.05) is 13.8 Å². The molecule has 110 valence electrons. The predicted molar refractivity (Wildman–Crippen MR) is 77.5 cm³/mol. The van der Waals surface area contributed by atoms with Gasteiger partial charge in [0, 0.05) is 24.9 Å². The van der Waals surface area contributed by atoms with Gasteiger partial charge in [-0.2, -0.15) is 11.8 Å². The summed E-state index contributed by atoms with van der Waals surface area (Å²) in [6.45, 7) is 5.49. The zero-order valence-corrected chi connectivity index (χ0v) is 12.8. The first-order valence-corrected chi connectivity index (χ1v) is 8.03. The van der Waals surface area contributed by atoms with E-state index in [2.05, 4.69) is 18.5 Å². The molecule has 2 amide bonds. The average molecular weight is 288 g/mol. The zero-order valence-electron chi connectivity index (χ0n) is 11.9. The van der Waals surface area contributed by atoms with E-state index in [9.17, 15) is 14.7 Å². The molecule has 19 heavy (non-hydrogen) atoms. The van der Waals surface area contributed by atoms with E-state index in [-0.39, 0.29) is 6.03 Å². The van der Waals surface area contributed by atoms with Crippen LogP contribution in [0.1, 0.15) is 33.1 Å². The molecule has 0 spiro atoms. The highest BCUT2D eigenvalue weighted by atomic mass is 32.2. The fraction of sp³-hybridized carbons (Fsp3) is 0.846. The van der Waals surface area contributed by atoms with Crippen molar-refractivity contribution in [3.63, 3.8) is 0 Å². The molecule has 0 aromatic rings. The third-order valence-corrected chi connectivity index (χ3v) is 5.04. The van der Waals surface area contributed by atoms with Crippen molar-refractivity contribution in [1.82, 2.24) is 10.2 Å². The number of amides is 2. The van der Waals surface area contributed by atoms with Crippen LogP contribution in [0, 0.1) is 5.41 Å². The Kier molecular flexibility index (Phi) is 5.97. The van der Waals surface area contributed by atoms with Gasteiger partial charge in [0.25, 0.3) is 0 Å². The summed E-state index contributed by atoms with van der Waals surface area (Å²) < 4.78 is 0. The Morgan fingerprint density at radius 2 is 2.21 bits per heavy atom. The minimum absolute atomic E-state index is 0.134. The number of hydrogen-bond acceptors (Lipinski definition) is 3. The summed E-state index contributed by atoms with van der Waals surface area (Å²) in [5.41, 5.74) is -0.746. The number of rotatable bonds is 6. The lowest BCUT2D eigenvalue weighted by Gasteiger charge is -2.23. The van der Waals surface area contributed by atoms with Crippen molar-refractivity contribution in [3.8, 4) is 0 Å². The van der Waals surface area contributed by atoms with Crippen molar-refractivity contribution in [3.05, 3.63) is 0 Å². The zero-order chi connectivity index (χ0) is 14.5. The van der Waals surface area contributed by atoms with Gasteiger partial charge in [-0.25, -0.2) is 4.79 Å². The summed E-state index contributed by atoms with van der Waals surface area (Å²) >= 11 is 1.77. The lowest BCUT2D eigenvalue weighted by atomic mass is 9.84. The molecule has 2 N–H and O–H groups in total. The van der Waals surface area contributed by atoms with Gasteiger partial charge in [0.1, 0.15) is 0 Å². The largest absolute Gasteiger partial charge is 0.481 e. The lowest BCUT2D eigenvalue weighted by molar-refractivity contribution is -0.148. The third kappa shape index (κ3) is 4.03. The molecule has 0 saturated carbocycles. The van der Waals surface area contributed by atoms with Crippen molar-refractivity contribution in [2.45, 2.75) is 38.4 Å². The molecule has 2 atom stereocenters. The lowest BCUT2D eigenvalue weighted by Crippen LogP contribution is -2.42. The van der Waals surface area contributed by atoms with Crippen LogP contribution in [-0.4, -0.2) is 53.1 Å². The fourth-order valence-electron chi connectivity index (χ4n) is 2.27. The molecule has 5 nitrogen and oxygen atoms in total. The van der Waals surface area contributed by atoms with Crippen LogP contribution in [0.5, 0.6) is 0 Å². The molecule has 1 fully saturated rings. The normalized spacial score (nSPS) is 24.3. The highest BCUT2D eigenvalue weighted by Gasteiger charge is 2.44.